The third kappa shape index (κ3) is 2.72. The minimum absolute atomic E-state index is 0.569. The van der Waals surface area contributed by atoms with Crippen LogP contribution in [0, 0.1) is 0 Å². The van der Waals surface area contributed by atoms with Crippen molar-refractivity contribution in [2.45, 2.75) is 26.7 Å². The van der Waals surface area contributed by atoms with Crippen LogP contribution in [0.15, 0.2) is 58.8 Å². The Morgan fingerprint density at radius 1 is 1.19 bits per heavy atom. The molecule has 2 N–H and O–H groups in total. The zero-order valence-electron chi connectivity index (χ0n) is 12.4. The molecule has 1 aromatic rings. The van der Waals surface area contributed by atoms with Crippen molar-refractivity contribution in [3.63, 3.8) is 0 Å². The highest BCUT2D eigenvalue weighted by Crippen LogP contribution is 2.32. The van der Waals surface area contributed by atoms with E-state index >= 15 is 0 Å². The molecule has 0 radical (unpaired) electrons. The number of rotatable bonds is 2. The number of hydrogen-bond acceptors (Lipinski definition) is 3. The molecule has 3 rings (SSSR count). The Balaban J connectivity index is 2.20. The van der Waals surface area contributed by atoms with Crippen molar-refractivity contribution in [3.8, 4) is 0 Å². The summed E-state index contributed by atoms with van der Waals surface area (Å²) in [4.78, 5) is 9.24. The maximum absolute atomic E-state index is 5.82. The summed E-state index contributed by atoms with van der Waals surface area (Å²) < 4.78 is 0. The Hall–Kier alpha value is -2.42. The number of aliphatic imine (C=N–C) groups is 1. The summed E-state index contributed by atoms with van der Waals surface area (Å²) >= 11 is 0. The molecule has 0 saturated heterocycles. The zero-order chi connectivity index (χ0) is 14.8. The van der Waals surface area contributed by atoms with Gasteiger partial charge in [0, 0.05) is 23.3 Å². The number of anilines is 1. The van der Waals surface area contributed by atoms with E-state index in [9.17, 15) is 0 Å². The molecule has 0 atom stereocenters. The maximum Gasteiger partial charge on any atom is 0.123 e. The van der Waals surface area contributed by atoms with Crippen LogP contribution in [0.25, 0.3) is 5.57 Å². The van der Waals surface area contributed by atoms with Crippen molar-refractivity contribution >= 4 is 17.1 Å². The second kappa shape index (κ2) is 5.52. The van der Waals surface area contributed by atoms with Crippen LogP contribution in [0.3, 0.4) is 0 Å². The first-order valence-electron chi connectivity index (χ1n) is 7.27. The molecule has 0 aromatic carbocycles. The number of fused-ring (bicyclic) bond motifs is 2. The number of nitrogen functional groups attached to an aromatic ring is 1. The van der Waals surface area contributed by atoms with E-state index in [-0.39, 0.29) is 0 Å². The first-order chi connectivity index (χ1) is 10.2. The topological polar surface area (TPSA) is 51.3 Å². The van der Waals surface area contributed by atoms with Gasteiger partial charge in [-0.05, 0) is 37.1 Å². The highest BCUT2D eigenvalue weighted by atomic mass is 14.8. The van der Waals surface area contributed by atoms with E-state index < -0.39 is 0 Å². The molecule has 2 bridgehead atoms. The molecular weight excluding hydrogens is 258 g/mol. The van der Waals surface area contributed by atoms with E-state index in [1.54, 1.807) is 0 Å². The molecule has 1 aliphatic carbocycles. The summed E-state index contributed by atoms with van der Waals surface area (Å²) in [5.74, 6) is 0.569. The van der Waals surface area contributed by atoms with Crippen LogP contribution in [0.1, 0.15) is 31.5 Å². The van der Waals surface area contributed by atoms with E-state index in [4.69, 9.17) is 10.7 Å². The van der Waals surface area contributed by atoms with Gasteiger partial charge in [-0.15, -0.1) is 0 Å². The SMILES string of the molecule is CCc1nc(N)ccc1C1=C2CC(=CC=C1)C=CC(C)=N2. The summed E-state index contributed by atoms with van der Waals surface area (Å²) in [6, 6.07) is 3.92. The highest BCUT2D eigenvalue weighted by Gasteiger charge is 2.15. The van der Waals surface area contributed by atoms with Gasteiger partial charge >= 0.3 is 0 Å². The number of nitrogens with zero attached hydrogens (tertiary/aromatic N) is 2. The van der Waals surface area contributed by atoms with Gasteiger partial charge in [-0.1, -0.05) is 31.2 Å². The third-order valence-corrected chi connectivity index (χ3v) is 3.73. The molecule has 106 valence electrons. The lowest BCUT2D eigenvalue weighted by Gasteiger charge is -2.12. The van der Waals surface area contributed by atoms with Gasteiger partial charge in [-0.25, -0.2) is 4.98 Å². The number of hydrogen-bond donors (Lipinski definition) is 1. The maximum atomic E-state index is 5.82. The highest BCUT2D eigenvalue weighted by molar-refractivity contribution is 5.96. The lowest BCUT2D eigenvalue weighted by molar-refractivity contribution is 1.03. The molecule has 21 heavy (non-hydrogen) atoms. The van der Waals surface area contributed by atoms with Crippen molar-refractivity contribution in [1.29, 1.82) is 0 Å². The van der Waals surface area contributed by atoms with E-state index in [0.29, 0.717) is 5.82 Å². The molecule has 0 saturated carbocycles. The smallest absolute Gasteiger partial charge is 0.123 e. The summed E-state index contributed by atoms with van der Waals surface area (Å²) in [7, 11) is 0. The van der Waals surface area contributed by atoms with Crippen LogP contribution < -0.4 is 5.73 Å². The Kier molecular flexibility index (Phi) is 3.57. The fraction of sp³-hybridized carbons (Fsp3) is 0.222. The summed E-state index contributed by atoms with van der Waals surface area (Å²) in [6.07, 6.45) is 12.3. The molecule has 0 unspecified atom stereocenters. The normalized spacial score (nSPS) is 17.2. The lowest BCUT2D eigenvalue weighted by atomic mass is 9.98. The first-order valence-corrected chi connectivity index (χ1v) is 7.27. The molecule has 3 heteroatoms. The van der Waals surface area contributed by atoms with Crippen LogP contribution in [0.4, 0.5) is 5.82 Å². The number of pyridine rings is 1. The molecular formula is C18H19N3. The summed E-state index contributed by atoms with van der Waals surface area (Å²) in [6.45, 7) is 4.13. The van der Waals surface area contributed by atoms with E-state index in [1.165, 1.54) is 5.57 Å². The molecule has 3 nitrogen and oxygen atoms in total. The first kappa shape index (κ1) is 13.6. The van der Waals surface area contributed by atoms with Crippen LogP contribution in [0.2, 0.25) is 0 Å². The quantitative estimate of drug-likeness (QED) is 0.892. The van der Waals surface area contributed by atoms with E-state index in [1.807, 2.05) is 13.0 Å². The Morgan fingerprint density at radius 2 is 2.05 bits per heavy atom. The molecule has 0 fully saturated rings. The molecule has 2 aliphatic rings. The average Bonchev–Trinajstić information content (AvgIpc) is 2.78. The molecule has 0 amide bonds. The van der Waals surface area contributed by atoms with Crippen LogP contribution >= 0.6 is 0 Å². The minimum atomic E-state index is 0.569. The number of aromatic nitrogens is 1. The fourth-order valence-corrected chi connectivity index (χ4v) is 2.68. The standard InChI is InChI=1S/C18H19N3/c1-3-16-15(9-10-18(19)21-16)14-6-4-5-13-8-7-12(2)20-17(14)11-13/h4-10H,3,11H2,1-2H3,(H2,19,21). The van der Waals surface area contributed by atoms with Gasteiger partial charge in [0.1, 0.15) is 5.82 Å². The Morgan fingerprint density at radius 3 is 2.86 bits per heavy atom. The van der Waals surface area contributed by atoms with Gasteiger partial charge < -0.3 is 5.73 Å². The monoisotopic (exact) mass is 277 g/mol. The lowest BCUT2D eigenvalue weighted by Crippen LogP contribution is -2.01. The molecule has 1 aromatic heterocycles. The summed E-state index contributed by atoms with van der Waals surface area (Å²) in [5.41, 5.74) is 12.5. The van der Waals surface area contributed by atoms with Crippen molar-refractivity contribution in [2.24, 2.45) is 4.99 Å². The average molecular weight is 277 g/mol. The Labute approximate surface area is 125 Å². The predicted molar refractivity (Wildman–Crippen MR) is 89.0 cm³/mol. The second-order valence-electron chi connectivity index (χ2n) is 5.31. The molecule has 2 heterocycles. The summed E-state index contributed by atoms with van der Waals surface area (Å²) in [5, 5.41) is 0. The van der Waals surface area contributed by atoms with E-state index in [0.717, 1.165) is 41.1 Å². The van der Waals surface area contributed by atoms with Gasteiger partial charge in [-0.2, -0.15) is 0 Å². The van der Waals surface area contributed by atoms with Gasteiger partial charge in [0.25, 0.3) is 0 Å². The Bertz CT molecular complexity index is 731. The number of nitrogens with two attached hydrogens (primary N) is 1. The largest absolute Gasteiger partial charge is 0.384 e. The van der Waals surface area contributed by atoms with Crippen molar-refractivity contribution in [2.75, 3.05) is 5.73 Å². The van der Waals surface area contributed by atoms with Crippen molar-refractivity contribution in [3.05, 3.63) is 65.0 Å². The number of aryl methyl sites for hydroxylation is 1. The van der Waals surface area contributed by atoms with Crippen LogP contribution in [-0.4, -0.2) is 10.7 Å². The van der Waals surface area contributed by atoms with Gasteiger partial charge in [-0.3, -0.25) is 4.99 Å². The fourth-order valence-electron chi connectivity index (χ4n) is 2.68. The van der Waals surface area contributed by atoms with Crippen molar-refractivity contribution in [1.82, 2.24) is 4.98 Å². The van der Waals surface area contributed by atoms with Crippen LogP contribution in [0.5, 0.6) is 0 Å². The third-order valence-electron chi connectivity index (χ3n) is 3.73. The predicted octanol–water partition coefficient (Wildman–Crippen LogP) is 3.85. The van der Waals surface area contributed by atoms with Crippen molar-refractivity contribution < 1.29 is 0 Å². The zero-order valence-corrected chi connectivity index (χ0v) is 12.4. The van der Waals surface area contributed by atoms with Gasteiger partial charge in [0.15, 0.2) is 0 Å². The van der Waals surface area contributed by atoms with E-state index in [2.05, 4.69) is 48.4 Å². The molecule has 0 spiro atoms. The second-order valence-corrected chi connectivity index (χ2v) is 5.31. The molecule has 1 aliphatic heterocycles. The van der Waals surface area contributed by atoms with Gasteiger partial charge in [0.2, 0.25) is 0 Å². The van der Waals surface area contributed by atoms with Crippen LogP contribution in [-0.2, 0) is 6.42 Å². The number of allylic oxidation sites excluding steroid dienone is 7. The van der Waals surface area contributed by atoms with Gasteiger partial charge in [0.05, 0.1) is 11.4 Å². The minimum Gasteiger partial charge on any atom is -0.384 e.